The smallest absolute Gasteiger partial charge is 0.233 e. The van der Waals surface area contributed by atoms with Crippen molar-refractivity contribution in [2.75, 3.05) is 20.1 Å². The largest absolute Gasteiger partial charge is 0.354 e. The molecule has 0 bridgehead atoms. The second-order valence-corrected chi connectivity index (χ2v) is 4.33. The molecular formula is C12H17N3O. The van der Waals surface area contributed by atoms with Crippen LogP contribution in [0.5, 0.6) is 0 Å². The zero-order valence-electron chi connectivity index (χ0n) is 9.49. The lowest BCUT2D eigenvalue weighted by Crippen LogP contribution is -2.37. The third-order valence-electron chi connectivity index (χ3n) is 3.09. The zero-order chi connectivity index (χ0) is 11.4. The predicted octanol–water partition coefficient (Wildman–Crippen LogP) is 0.449. The fourth-order valence-corrected chi connectivity index (χ4v) is 1.89. The van der Waals surface area contributed by atoms with E-state index in [0.717, 1.165) is 19.4 Å². The second kappa shape index (κ2) is 4.61. The number of nitrogens with one attached hydrogen (secondary N) is 2. The molecule has 4 nitrogen and oxygen atoms in total. The van der Waals surface area contributed by atoms with Gasteiger partial charge in [-0.3, -0.25) is 9.78 Å². The molecule has 0 saturated heterocycles. The Hall–Kier alpha value is -1.42. The van der Waals surface area contributed by atoms with Gasteiger partial charge < -0.3 is 10.6 Å². The fraction of sp³-hybridized carbons (Fsp3) is 0.500. The van der Waals surface area contributed by atoms with Gasteiger partial charge in [-0.05, 0) is 31.5 Å². The molecule has 1 aliphatic carbocycles. The minimum absolute atomic E-state index is 0.0534. The van der Waals surface area contributed by atoms with Crippen molar-refractivity contribution in [1.29, 1.82) is 0 Å². The van der Waals surface area contributed by atoms with Crippen LogP contribution >= 0.6 is 0 Å². The molecule has 0 spiro atoms. The van der Waals surface area contributed by atoms with Crippen LogP contribution < -0.4 is 10.6 Å². The molecule has 0 radical (unpaired) electrons. The highest BCUT2D eigenvalue weighted by Crippen LogP contribution is 2.47. The van der Waals surface area contributed by atoms with Crippen LogP contribution in [0, 0.1) is 0 Å². The molecule has 1 aliphatic rings. The number of aromatic nitrogens is 1. The van der Waals surface area contributed by atoms with E-state index >= 15 is 0 Å². The average molecular weight is 219 g/mol. The Kier molecular flexibility index (Phi) is 3.19. The van der Waals surface area contributed by atoms with E-state index in [9.17, 15) is 4.79 Å². The van der Waals surface area contributed by atoms with Crippen LogP contribution in [0.4, 0.5) is 0 Å². The summed E-state index contributed by atoms with van der Waals surface area (Å²) < 4.78 is 0. The Balaban J connectivity index is 1.92. The molecule has 2 rings (SSSR count). The van der Waals surface area contributed by atoms with Crippen LogP contribution in [-0.2, 0) is 10.2 Å². The van der Waals surface area contributed by atoms with Crippen molar-refractivity contribution >= 4 is 5.91 Å². The first-order valence-corrected chi connectivity index (χ1v) is 5.59. The highest BCUT2D eigenvalue weighted by atomic mass is 16.1. The summed E-state index contributed by atoms with van der Waals surface area (Å²) in [6.07, 6.45) is 5.95. The number of likely N-dealkylation sites (N-methyl/N-ethyl adjacent to an activating group) is 1. The first kappa shape index (κ1) is 11.1. The van der Waals surface area contributed by atoms with Gasteiger partial charge in [0.1, 0.15) is 0 Å². The lowest BCUT2D eigenvalue weighted by atomic mass is 9.98. The molecule has 1 aromatic rings. The number of hydrogen-bond donors (Lipinski definition) is 2. The summed E-state index contributed by atoms with van der Waals surface area (Å²) in [5, 5.41) is 5.80. The number of rotatable bonds is 5. The Morgan fingerprint density at radius 2 is 2.38 bits per heavy atom. The minimum atomic E-state index is 0.0534. The molecule has 16 heavy (non-hydrogen) atoms. The summed E-state index contributed by atoms with van der Waals surface area (Å²) >= 11 is 0. The van der Waals surface area contributed by atoms with Gasteiger partial charge in [-0.15, -0.1) is 0 Å². The summed E-state index contributed by atoms with van der Waals surface area (Å²) in [6.45, 7) is 1.10. The van der Waals surface area contributed by atoms with E-state index in [0.29, 0.717) is 6.54 Å². The number of hydrogen-bond acceptors (Lipinski definition) is 3. The van der Waals surface area contributed by atoms with Gasteiger partial charge in [0, 0.05) is 24.4 Å². The topological polar surface area (TPSA) is 54.0 Å². The molecule has 4 heteroatoms. The molecular weight excluding hydrogens is 202 g/mol. The van der Waals surface area contributed by atoms with Gasteiger partial charge in [-0.2, -0.15) is 0 Å². The van der Waals surface area contributed by atoms with Gasteiger partial charge in [0.2, 0.25) is 5.91 Å². The van der Waals surface area contributed by atoms with Crippen LogP contribution in [-0.4, -0.2) is 31.0 Å². The third kappa shape index (κ3) is 2.39. The molecule has 2 N–H and O–H groups in total. The molecule has 1 aromatic heterocycles. The van der Waals surface area contributed by atoms with E-state index in [1.807, 2.05) is 12.3 Å². The maximum atomic E-state index is 11.4. The number of pyridine rings is 1. The van der Waals surface area contributed by atoms with Gasteiger partial charge in [0.25, 0.3) is 0 Å². The Labute approximate surface area is 95.5 Å². The summed E-state index contributed by atoms with van der Waals surface area (Å²) in [5.74, 6) is 0.0534. The van der Waals surface area contributed by atoms with Crippen LogP contribution in [0.3, 0.4) is 0 Å². The molecule has 1 fully saturated rings. The summed E-state index contributed by atoms with van der Waals surface area (Å²) in [6, 6.07) is 4.04. The van der Waals surface area contributed by atoms with Crippen molar-refractivity contribution < 1.29 is 4.79 Å². The van der Waals surface area contributed by atoms with Crippen molar-refractivity contribution in [3.63, 3.8) is 0 Å². The monoisotopic (exact) mass is 219 g/mol. The van der Waals surface area contributed by atoms with Crippen molar-refractivity contribution in [3.8, 4) is 0 Å². The minimum Gasteiger partial charge on any atom is -0.354 e. The van der Waals surface area contributed by atoms with E-state index in [4.69, 9.17) is 0 Å². The molecule has 0 aromatic carbocycles. The lowest BCUT2D eigenvalue weighted by Gasteiger charge is -2.15. The van der Waals surface area contributed by atoms with Crippen LogP contribution in [0.15, 0.2) is 24.5 Å². The van der Waals surface area contributed by atoms with Crippen molar-refractivity contribution in [1.82, 2.24) is 15.6 Å². The number of carbonyl (C=O) groups is 1. The molecule has 0 atom stereocenters. The SMILES string of the molecule is CNCC(=O)NCC1(c2cccnc2)CC1. The first-order chi connectivity index (χ1) is 7.77. The van der Waals surface area contributed by atoms with Crippen LogP contribution in [0.2, 0.25) is 0 Å². The molecule has 86 valence electrons. The second-order valence-electron chi connectivity index (χ2n) is 4.33. The highest BCUT2D eigenvalue weighted by Gasteiger charge is 2.44. The molecule has 1 amide bonds. The van der Waals surface area contributed by atoms with Gasteiger partial charge in [-0.25, -0.2) is 0 Å². The van der Waals surface area contributed by atoms with Crippen LogP contribution in [0.25, 0.3) is 0 Å². The molecule has 1 saturated carbocycles. The van der Waals surface area contributed by atoms with E-state index in [-0.39, 0.29) is 11.3 Å². The number of amides is 1. The Morgan fingerprint density at radius 3 is 2.94 bits per heavy atom. The van der Waals surface area contributed by atoms with Gasteiger partial charge >= 0.3 is 0 Å². The van der Waals surface area contributed by atoms with Crippen molar-refractivity contribution in [3.05, 3.63) is 30.1 Å². The molecule has 0 unspecified atom stereocenters. The predicted molar refractivity (Wildman–Crippen MR) is 62.1 cm³/mol. The van der Waals surface area contributed by atoms with Crippen LogP contribution in [0.1, 0.15) is 18.4 Å². The maximum absolute atomic E-state index is 11.4. The lowest BCUT2D eigenvalue weighted by molar-refractivity contribution is -0.120. The molecule has 0 aliphatic heterocycles. The van der Waals surface area contributed by atoms with E-state index < -0.39 is 0 Å². The molecule has 1 heterocycles. The number of nitrogens with zero attached hydrogens (tertiary/aromatic N) is 1. The van der Waals surface area contributed by atoms with E-state index in [1.54, 1.807) is 13.2 Å². The summed E-state index contributed by atoms with van der Waals surface area (Å²) in [7, 11) is 1.77. The van der Waals surface area contributed by atoms with Gasteiger partial charge in [-0.1, -0.05) is 6.07 Å². The Bertz CT molecular complexity index is 360. The van der Waals surface area contributed by atoms with Gasteiger partial charge in [0.05, 0.1) is 6.54 Å². The normalized spacial score (nSPS) is 16.8. The highest BCUT2D eigenvalue weighted by molar-refractivity contribution is 5.78. The number of carbonyl (C=O) groups excluding carboxylic acids is 1. The fourth-order valence-electron chi connectivity index (χ4n) is 1.89. The van der Waals surface area contributed by atoms with Gasteiger partial charge in [0.15, 0.2) is 0 Å². The summed E-state index contributed by atoms with van der Waals surface area (Å²) in [4.78, 5) is 15.5. The zero-order valence-corrected chi connectivity index (χ0v) is 9.49. The van der Waals surface area contributed by atoms with Crippen molar-refractivity contribution in [2.24, 2.45) is 0 Å². The third-order valence-corrected chi connectivity index (χ3v) is 3.09. The summed E-state index contributed by atoms with van der Waals surface area (Å²) in [5.41, 5.74) is 1.39. The quantitative estimate of drug-likeness (QED) is 0.756. The maximum Gasteiger partial charge on any atom is 0.233 e. The van der Waals surface area contributed by atoms with E-state index in [1.165, 1.54) is 5.56 Å². The standard InChI is InChI=1S/C12H17N3O/c1-13-8-11(16)15-9-12(4-5-12)10-3-2-6-14-7-10/h2-3,6-7,13H,4-5,8-9H2,1H3,(H,15,16). The van der Waals surface area contributed by atoms with E-state index in [2.05, 4.69) is 21.7 Å². The van der Waals surface area contributed by atoms with Crippen molar-refractivity contribution in [2.45, 2.75) is 18.3 Å². The Morgan fingerprint density at radius 1 is 1.56 bits per heavy atom. The first-order valence-electron chi connectivity index (χ1n) is 5.59. The average Bonchev–Trinajstić information content (AvgIpc) is 3.09.